The van der Waals surface area contributed by atoms with Gasteiger partial charge in [-0.05, 0) is 50.6 Å². The van der Waals surface area contributed by atoms with Gasteiger partial charge in [-0.2, -0.15) is 0 Å². The molecule has 26 heavy (non-hydrogen) atoms. The van der Waals surface area contributed by atoms with E-state index in [9.17, 15) is 0 Å². The molecule has 2 aliphatic carbocycles. The quantitative estimate of drug-likeness (QED) is 0.846. The first-order valence-electron chi connectivity index (χ1n) is 9.92. The highest BCUT2D eigenvalue weighted by Crippen LogP contribution is 2.44. The van der Waals surface area contributed by atoms with Gasteiger partial charge in [0.1, 0.15) is 5.82 Å². The molecule has 2 aromatic heterocycles. The lowest BCUT2D eigenvalue weighted by atomic mass is 9.77. The highest BCUT2D eigenvalue weighted by atomic mass is 15.2. The molecule has 6 nitrogen and oxygen atoms in total. The van der Waals surface area contributed by atoms with Crippen LogP contribution < -0.4 is 4.90 Å². The number of likely N-dealkylation sites (tertiary alicyclic amines) is 1. The normalized spacial score (nSPS) is 25.6. The number of hydrogen-bond donors (Lipinski definition) is 0. The Bertz CT molecular complexity index is 804. The molecule has 1 aliphatic heterocycles. The van der Waals surface area contributed by atoms with Crippen LogP contribution in [0.1, 0.15) is 55.2 Å². The third-order valence-corrected chi connectivity index (χ3v) is 6.34. The zero-order valence-corrected chi connectivity index (χ0v) is 15.9. The van der Waals surface area contributed by atoms with E-state index in [1.807, 2.05) is 25.2 Å². The molecule has 0 N–H and O–H groups in total. The fourth-order valence-corrected chi connectivity index (χ4v) is 4.86. The van der Waals surface area contributed by atoms with Gasteiger partial charge >= 0.3 is 0 Å². The third kappa shape index (κ3) is 2.71. The van der Waals surface area contributed by atoms with Gasteiger partial charge in [-0.25, -0.2) is 15.0 Å². The summed E-state index contributed by atoms with van der Waals surface area (Å²) in [7, 11) is 4.04. The van der Waals surface area contributed by atoms with Crippen molar-refractivity contribution in [3.05, 3.63) is 35.7 Å². The summed E-state index contributed by atoms with van der Waals surface area (Å²) in [5.74, 6) is 2.07. The minimum absolute atomic E-state index is 0.207. The number of aromatic nitrogens is 4. The van der Waals surface area contributed by atoms with E-state index in [2.05, 4.69) is 31.8 Å². The molecule has 1 spiro atoms. The van der Waals surface area contributed by atoms with Crippen LogP contribution in [0.25, 0.3) is 0 Å². The Balaban J connectivity index is 1.39. The van der Waals surface area contributed by atoms with Crippen LogP contribution in [0.15, 0.2) is 18.6 Å². The number of hydrogen-bond acceptors (Lipinski definition) is 5. The third-order valence-electron chi connectivity index (χ3n) is 6.34. The number of anilines is 1. The molecule has 3 heterocycles. The summed E-state index contributed by atoms with van der Waals surface area (Å²) < 4.78 is 2.40. The molecule has 0 amide bonds. The van der Waals surface area contributed by atoms with Gasteiger partial charge in [-0.15, -0.1) is 0 Å². The standard InChI is InChI=1S/C20H28N6/c1-24(2)19-22-12-15-6-8-20(18(15)23-19)7-3-10-25(14-20)13-17-21-9-11-26(17)16-4-5-16/h9,11-12,16H,3-8,10,13-14H2,1-2H3. The second-order valence-corrected chi connectivity index (χ2v) is 8.51. The first-order valence-corrected chi connectivity index (χ1v) is 9.92. The van der Waals surface area contributed by atoms with Gasteiger partial charge in [-0.3, -0.25) is 4.90 Å². The molecule has 2 aromatic rings. The molecule has 1 saturated heterocycles. The smallest absolute Gasteiger partial charge is 0.225 e. The molecule has 0 bridgehead atoms. The number of piperidine rings is 1. The van der Waals surface area contributed by atoms with E-state index in [1.54, 1.807) is 0 Å². The minimum atomic E-state index is 0.207. The Morgan fingerprint density at radius 2 is 2.12 bits per heavy atom. The van der Waals surface area contributed by atoms with Crippen LogP contribution in [0.4, 0.5) is 5.95 Å². The maximum Gasteiger partial charge on any atom is 0.225 e. The molecule has 0 radical (unpaired) electrons. The Hall–Kier alpha value is -1.95. The molecule has 5 rings (SSSR count). The molecular formula is C20H28N6. The van der Waals surface area contributed by atoms with Crippen molar-refractivity contribution in [1.29, 1.82) is 0 Å². The van der Waals surface area contributed by atoms with Crippen LogP contribution in [-0.4, -0.2) is 51.6 Å². The molecule has 1 unspecified atom stereocenters. The van der Waals surface area contributed by atoms with Crippen molar-refractivity contribution in [3.63, 3.8) is 0 Å². The average molecular weight is 352 g/mol. The van der Waals surface area contributed by atoms with E-state index in [0.29, 0.717) is 6.04 Å². The predicted molar refractivity (Wildman–Crippen MR) is 101 cm³/mol. The van der Waals surface area contributed by atoms with Gasteiger partial charge < -0.3 is 9.47 Å². The van der Waals surface area contributed by atoms with Crippen molar-refractivity contribution in [1.82, 2.24) is 24.4 Å². The van der Waals surface area contributed by atoms with Gasteiger partial charge in [0.15, 0.2) is 0 Å². The molecule has 138 valence electrons. The lowest BCUT2D eigenvalue weighted by Gasteiger charge is -2.40. The van der Waals surface area contributed by atoms with Crippen LogP contribution >= 0.6 is 0 Å². The Morgan fingerprint density at radius 3 is 2.92 bits per heavy atom. The van der Waals surface area contributed by atoms with Crippen LogP contribution in [0, 0.1) is 0 Å². The van der Waals surface area contributed by atoms with Crippen molar-refractivity contribution >= 4 is 5.95 Å². The monoisotopic (exact) mass is 352 g/mol. The van der Waals surface area contributed by atoms with Crippen LogP contribution in [0.3, 0.4) is 0 Å². The fraction of sp³-hybridized carbons (Fsp3) is 0.650. The van der Waals surface area contributed by atoms with E-state index in [-0.39, 0.29) is 5.41 Å². The highest BCUT2D eigenvalue weighted by Gasteiger charge is 2.44. The maximum atomic E-state index is 4.98. The molecular weight excluding hydrogens is 324 g/mol. The molecule has 6 heteroatoms. The van der Waals surface area contributed by atoms with Crippen LogP contribution in [0.5, 0.6) is 0 Å². The first kappa shape index (κ1) is 16.2. The number of rotatable bonds is 4. The lowest BCUT2D eigenvalue weighted by Crippen LogP contribution is -2.45. The number of aryl methyl sites for hydroxylation is 1. The van der Waals surface area contributed by atoms with Crippen LogP contribution in [0.2, 0.25) is 0 Å². The second-order valence-electron chi connectivity index (χ2n) is 8.51. The summed E-state index contributed by atoms with van der Waals surface area (Å²) in [6, 6.07) is 0.703. The number of nitrogens with zero attached hydrogens (tertiary/aromatic N) is 6. The van der Waals surface area contributed by atoms with Gasteiger partial charge in [0.25, 0.3) is 0 Å². The zero-order chi connectivity index (χ0) is 17.7. The predicted octanol–water partition coefficient (Wildman–Crippen LogP) is 2.55. The van der Waals surface area contributed by atoms with Gasteiger partial charge in [0.05, 0.1) is 12.2 Å². The SMILES string of the molecule is CN(C)c1ncc2c(n1)C1(CCCN(Cc3nccn3C3CC3)C1)CC2. The zero-order valence-electron chi connectivity index (χ0n) is 15.9. The summed E-state index contributed by atoms with van der Waals surface area (Å²) in [5.41, 5.74) is 2.88. The van der Waals surface area contributed by atoms with Crippen molar-refractivity contribution in [2.75, 3.05) is 32.1 Å². The Morgan fingerprint density at radius 1 is 1.23 bits per heavy atom. The average Bonchev–Trinajstić information content (AvgIpc) is 3.30. The van der Waals surface area contributed by atoms with Crippen molar-refractivity contribution in [2.24, 2.45) is 0 Å². The Kier molecular flexibility index (Phi) is 3.78. The van der Waals surface area contributed by atoms with E-state index in [0.717, 1.165) is 25.5 Å². The summed E-state index contributed by atoms with van der Waals surface area (Å²) in [6.07, 6.45) is 13.6. The van der Waals surface area contributed by atoms with Crippen molar-refractivity contribution in [2.45, 2.75) is 56.5 Å². The Labute approximate surface area is 155 Å². The van der Waals surface area contributed by atoms with E-state index < -0.39 is 0 Å². The largest absolute Gasteiger partial charge is 0.347 e. The number of imidazole rings is 1. The summed E-state index contributed by atoms with van der Waals surface area (Å²) in [4.78, 5) is 18.8. The van der Waals surface area contributed by atoms with E-state index in [1.165, 1.54) is 55.7 Å². The molecule has 2 fully saturated rings. The molecule has 3 aliphatic rings. The van der Waals surface area contributed by atoms with E-state index in [4.69, 9.17) is 4.98 Å². The fourth-order valence-electron chi connectivity index (χ4n) is 4.86. The minimum Gasteiger partial charge on any atom is -0.347 e. The maximum absolute atomic E-state index is 4.98. The summed E-state index contributed by atoms with van der Waals surface area (Å²) in [6.45, 7) is 3.23. The second kappa shape index (κ2) is 6.05. The van der Waals surface area contributed by atoms with Crippen molar-refractivity contribution < 1.29 is 0 Å². The van der Waals surface area contributed by atoms with Gasteiger partial charge in [0, 0.05) is 50.7 Å². The van der Waals surface area contributed by atoms with Gasteiger partial charge in [-0.1, -0.05) is 0 Å². The first-order chi connectivity index (χ1) is 12.6. The molecule has 1 saturated carbocycles. The van der Waals surface area contributed by atoms with Crippen molar-refractivity contribution in [3.8, 4) is 0 Å². The number of fused-ring (bicyclic) bond motifs is 2. The van der Waals surface area contributed by atoms with E-state index >= 15 is 0 Å². The molecule has 0 aromatic carbocycles. The van der Waals surface area contributed by atoms with Crippen LogP contribution in [-0.2, 0) is 18.4 Å². The lowest BCUT2D eigenvalue weighted by molar-refractivity contribution is 0.132. The highest BCUT2D eigenvalue weighted by molar-refractivity contribution is 5.39. The summed E-state index contributed by atoms with van der Waals surface area (Å²) in [5, 5.41) is 0. The molecule has 1 atom stereocenters. The summed E-state index contributed by atoms with van der Waals surface area (Å²) >= 11 is 0. The van der Waals surface area contributed by atoms with Gasteiger partial charge in [0.2, 0.25) is 5.95 Å². The topological polar surface area (TPSA) is 50.1 Å².